The second kappa shape index (κ2) is 10.8. The van der Waals surface area contributed by atoms with E-state index < -0.39 is 51.7 Å². The number of sulfonamides is 1. The van der Waals surface area contributed by atoms with Crippen molar-refractivity contribution in [2.45, 2.75) is 44.7 Å². The molecule has 1 amide bonds. The van der Waals surface area contributed by atoms with Crippen LogP contribution in [0.2, 0.25) is 0 Å². The zero-order valence-electron chi connectivity index (χ0n) is 22.7. The number of nitrogens with one attached hydrogen (secondary N) is 2. The fourth-order valence-electron chi connectivity index (χ4n) is 5.70. The minimum Gasteiger partial charge on any atom is -0.395 e. The molecule has 1 aromatic heterocycles. The first-order chi connectivity index (χ1) is 19.6. The molecule has 2 aliphatic heterocycles. The van der Waals surface area contributed by atoms with Gasteiger partial charge in [0, 0.05) is 50.8 Å². The molecule has 3 aliphatic rings. The summed E-state index contributed by atoms with van der Waals surface area (Å²) >= 11 is 0. The third-order valence-electron chi connectivity index (χ3n) is 8.14. The summed E-state index contributed by atoms with van der Waals surface area (Å²) in [6.07, 6.45) is -5.21. The van der Waals surface area contributed by atoms with Crippen LogP contribution in [0.4, 0.5) is 45.1 Å². The van der Waals surface area contributed by atoms with E-state index >= 15 is 0 Å². The molecule has 1 aliphatic carbocycles. The second-order valence-electron chi connectivity index (χ2n) is 11.1. The molecule has 16 heteroatoms. The summed E-state index contributed by atoms with van der Waals surface area (Å²) in [6, 6.07) is 5.60. The Kier molecular flexibility index (Phi) is 7.75. The van der Waals surface area contributed by atoms with E-state index in [0.29, 0.717) is 5.69 Å². The van der Waals surface area contributed by atoms with Crippen molar-refractivity contribution < 1.29 is 40.3 Å². The number of benzene rings is 1. The summed E-state index contributed by atoms with van der Waals surface area (Å²) < 4.78 is 95.1. The van der Waals surface area contributed by atoms with Gasteiger partial charge < -0.3 is 20.2 Å². The van der Waals surface area contributed by atoms with E-state index in [0.717, 1.165) is 0 Å². The van der Waals surface area contributed by atoms with Crippen molar-refractivity contribution in [3.8, 4) is 0 Å². The number of hydrogen-bond donors (Lipinski definition) is 3. The number of rotatable bonds is 8. The maximum Gasteiger partial charge on any atom is 0.394 e. The highest BCUT2D eigenvalue weighted by Gasteiger charge is 2.71. The number of aliphatic hydroxyl groups excluding tert-OH is 1. The van der Waals surface area contributed by atoms with Crippen LogP contribution >= 0.6 is 0 Å². The smallest absolute Gasteiger partial charge is 0.394 e. The van der Waals surface area contributed by atoms with Crippen LogP contribution in [0.1, 0.15) is 41.7 Å². The zero-order chi connectivity index (χ0) is 30.5. The lowest BCUT2D eigenvalue weighted by Gasteiger charge is -2.35. The average Bonchev–Trinajstić information content (AvgIpc) is 3.64. The summed E-state index contributed by atoms with van der Waals surface area (Å²) in [5, 5.41) is 11.7. The van der Waals surface area contributed by atoms with Gasteiger partial charge in [0.25, 0.3) is 11.8 Å². The summed E-state index contributed by atoms with van der Waals surface area (Å²) in [5.41, 5.74) is -0.853. The minimum absolute atomic E-state index is 0.000505. The molecule has 0 spiro atoms. The zero-order valence-corrected chi connectivity index (χ0v) is 23.5. The number of carbonyl (C=O) groups excluding carboxylic acids is 1. The SMILES string of the molecule is Cc1cc(NC(=O)c2ccc(NS(=O)(=O)CCO)cc2N2CC[C@@]3(C(F)(F)F)C[C@H]3C2)nc(N2CCC(F)(F)CC2)n1. The van der Waals surface area contributed by atoms with Crippen molar-refractivity contribution >= 4 is 39.1 Å². The first-order valence-electron chi connectivity index (χ1n) is 13.5. The van der Waals surface area contributed by atoms with Crippen LogP contribution in [-0.4, -0.2) is 80.0 Å². The van der Waals surface area contributed by atoms with Crippen molar-refractivity contribution in [3.63, 3.8) is 0 Å². The molecular formula is C26H31F5N6O4S. The molecule has 2 atom stereocenters. The van der Waals surface area contributed by atoms with Crippen LogP contribution in [0.25, 0.3) is 0 Å². The number of anilines is 4. The third-order valence-corrected chi connectivity index (χ3v) is 9.41. The van der Waals surface area contributed by atoms with Gasteiger partial charge in [0.05, 0.1) is 34.7 Å². The topological polar surface area (TPSA) is 128 Å². The molecule has 0 radical (unpaired) electrons. The highest BCUT2D eigenvalue weighted by atomic mass is 32.2. The summed E-state index contributed by atoms with van der Waals surface area (Å²) in [7, 11) is -3.91. The fraction of sp³-hybridized carbons (Fsp3) is 0.577. The number of carbonyl (C=O) groups is 1. The van der Waals surface area contributed by atoms with Gasteiger partial charge in [0.1, 0.15) is 5.82 Å². The number of nitrogens with zero attached hydrogens (tertiary/aromatic N) is 4. The number of piperidine rings is 2. The highest BCUT2D eigenvalue weighted by Crippen LogP contribution is 2.66. The van der Waals surface area contributed by atoms with Crippen molar-refractivity contribution in [1.29, 1.82) is 0 Å². The Bertz CT molecular complexity index is 1460. The predicted molar refractivity (Wildman–Crippen MR) is 145 cm³/mol. The molecule has 0 unspecified atom stereocenters. The number of hydrogen-bond acceptors (Lipinski definition) is 8. The molecule has 2 aromatic rings. The van der Waals surface area contributed by atoms with Gasteiger partial charge in [0.2, 0.25) is 16.0 Å². The average molecular weight is 619 g/mol. The quantitative estimate of drug-likeness (QED) is 0.382. The van der Waals surface area contributed by atoms with Crippen LogP contribution in [0.3, 0.4) is 0 Å². The van der Waals surface area contributed by atoms with Crippen molar-refractivity contribution in [2.75, 3.05) is 58.4 Å². The number of aromatic nitrogens is 2. The van der Waals surface area contributed by atoms with Crippen LogP contribution in [0.5, 0.6) is 0 Å². The molecular weight excluding hydrogens is 587 g/mol. The normalized spacial score (nSPS) is 23.7. The number of halogens is 5. The Hall–Kier alpha value is -3.27. The number of amides is 1. The van der Waals surface area contributed by atoms with E-state index in [9.17, 15) is 35.2 Å². The lowest BCUT2D eigenvalue weighted by molar-refractivity contribution is -0.195. The molecule has 1 aromatic carbocycles. The van der Waals surface area contributed by atoms with Gasteiger partial charge in [-0.2, -0.15) is 18.2 Å². The van der Waals surface area contributed by atoms with E-state index in [1.165, 1.54) is 24.3 Å². The van der Waals surface area contributed by atoms with E-state index in [4.69, 9.17) is 5.11 Å². The number of aryl methyl sites for hydroxylation is 1. The van der Waals surface area contributed by atoms with Crippen LogP contribution in [0.15, 0.2) is 24.3 Å². The maximum absolute atomic E-state index is 13.7. The Morgan fingerprint density at radius 1 is 1.10 bits per heavy atom. The predicted octanol–water partition coefficient (Wildman–Crippen LogP) is 3.79. The molecule has 1 saturated carbocycles. The van der Waals surface area contributed by atoms with E-state index in [-0.39, 0.29) is 80.6 Å². The Morgan fingerprint density at radius 2 is 1.79 bits per heavy atom. The first-order valence-corrected chi connectivity index (χ1v) is 15.1. The Balaban J connectivity index is 1.41. The van der Waals surface area contributed by atoms with E-state index in [1.807, 2.05) is 0 Å². The number of fused-ring (bicyclic) bond motifs is 1. The molecule has 42 heavy (non-hydrogen) atoms. The van der Waals surface area contributed by atoms with Gasteiger partial charge in [-0.3, -0.25) is 9.52 Å². The monoisotopic (exact) mass is 618 g/mol. The van der Waals surface area contributed by atoms with Crippen LogP contribution < -0.4 is 19.8 Å². The van der Waals surface area contributed by atoms with Gasteiger partial charge in [-0.15, -0.1) is 0 Å². The second-order valence-corrected chi connectivity index (χ2v) is 13.0. The molecule has 2 saturated heterocycles. The molecule has 10 nitrogen and oxygen atoms in total. The van der Waals surface area contributed by atoms with Crippen molar-refractivity contribution in [3.05, 3.63) is 35.5 Å². The fourth-order valence-corrected chi connectivity index (χ4v) is 6.53. The molecule has 3 fully saturated rings. The highest BCUT2D eigenvalue weighted by molar-refractivity contribution is 7.92. The van der Waals surface area contributed by atoms with Gasteiger partial charge in [-0.25, -0.2) is 22.2 Å². The Morgan fingerprint density at radius 3 is 2.43 bits per heavy atom. The molecule has 0 bridgehead atoms. The lowest BCUT2D eigenvalue weighted by atomic mass is 9.93. The van der Waals surface area contributed by atoms with Gasteiger partial charge >= 0.3 is 6.18 Å². The van der Waals surface area contributed by atoms with Crippen molar-refractivity contribution in [1.82, 2.24) is 9.97 Å². The summed E-state index contributed by atoms with van der Waals surface area (Å²) in [4.78, 5) is 25.4. The molecule has 5 rings (SSSR count). The van der Waals surface area contributed by atoms with Gasteiger partial charge in [-0.05, 0) is 43.9 Å². The van der Waals surface area contributed by atoms with E-state index in [2.05, 4.69) is 20.0 Å². The standard InChI is InChI=1S/C26H31F5N6O4S/c1-16-12-21(34-23(32-16)36-8-5-25(27,28)6-9-36)33-22(39)19-3-2-18(35-42(40,41)11-10-38)13-20(19)37-7-4-24(26(29,30)31)14-17(24)15-37/h2-3,12-13,17,35,38H,4-11,14-15H2,1H3,(H,32,33,34,39)/t17-,24+/m0/s1. The van der Waals surface area contributed by atoms with Crippen molar-refractivity contribution in [2.24, 2.45) is 11.3 Å². The van der Waals surface area contributed by atoms with E-state index in [1.54, 1.807) is 16.7 Å². The molecule has 3 N–H and O–H groups in total. The first kappa shape index (κ1) is 30.2. The number of aliphatic hydroxyl groups is 1. The third kappa shape index (κ3) is 6.23. The summed E-state index contributed by atoms with van der Waals surface area (Å²) in [5.74, 6) is -4.33. The maximum atomic E-state index is 13.7. The van der Waals surface area contributed by atoms with Crippen LogP contribution in [0, 0.1) is 18.3 Å². The molecule has 230 valence electrons. The Labute approximate surface area is 239 Å². The van der Waals surface area contributed by atoms with Gasteiger partial charge in [-0.1, -0.05) is 0 Å². The largest absolute Gasteiger partial charge is 0.395 e. The molecule has 3 heterocycles. The summed E-state index contributed by atoms with van der Waals surface area (Å²) in [6.45, 7) is 1.15. The minimum atomic E-state index is -4.33. The van der Waals surface area contributed by atoms with Crippen LogP contribution in [-0.2, 0) is 10.0 Å². The number of alkyl halides is 5. The lowest BCUT2D eigenvalue weighted by Crippen LogP contribution is -2.41. The van der Waals surface area contributed by atoms with Gasteiger partial charge in [0.15, 0.2) is 0 Å².